The zero-order valence-corrected chi connectivity index (χ0v) is 22.4. The largest absolute Gasteiger partial charge is 0.0851 e. The van der Waals surface area contributed by atoms with Crippen LogP contribution < -0.4 is 0 Å². The lowest BCUT2D eigenvalue weighted by Gasteiger charge is -2.35. The highest BCUT2D eigenvalue weighted by Crippen LogP contribution is 2.42. The molecule has 4 rings (SSSR count). The topological polar surface area (TPSA) is 0 Å². The van der Waals surface area contributed by atoms with Crippen LogP contribution in [0.4, 0.5) is 0 Å². The average molecular weight is 461 g/mol. The maximum Gasteiger partial charge on any atom is -0.0162 e. The Morgan fingerprint density at radius 2 is 1.47 bits per heavy atom. The average Bonchev–Trinajstić information content (AvgIpc) is 2.89. The Bertz CT molecular complexity index is 737. The Morgan fingerprint density at radius 1 is 0.706 bits per heavy atom. The van der Waals surface area contributed by atoms with E-state index in [1.54, 1.807) is 5.56 Å². The maximum absolute atomic E-state index is 2.63. The normalized spacial score (nSPS) is 32.3. The summed E-state index contributed by atoms with van der Waals surface area (Å²) in [6.07, 6.45) is 32.8. The number of hydrogen-bond donors (Lipinski definition) is 0. The quantitative estimate of drug-likeness (QED) is 0.240. The fourth-order valence-corrected chi connectivity index (χ4v) is 7.27. The molecule has 0 saturated heterocycles. The monoisotopic (exact) mass is 460 g/mol. The third-order valence-corrected chi connectivity index (χ3v) is 9.61. The fraction of sp³-hybridized carbons (Fsp3) is 0.706. The molecular weight excluding hydrogens is 408 g/mol. The molecule has 3 aliphatic carbocycles. The van der Waals surface area contributed by atoms with Gasteiger partial charge in [0.05, 0.1) is 0 Å². The molecule has 2 fully saturated rings. The molecule has 0 heterocycles. The van der Waals surface area contributed by atoms with E-state index in [-0.39, 0.29) is 0 Å². The third-order valence-electron chi connectivity index (χ3n) is 9.61. The van der Waals surface area contributed by atoms with Gasteiger partial charge in [-0.15, -0.1) is 0 Å². The molecular formula is C34H52. The Hall–Kier alpha value is -1.30. The van der Waals surface area contributed by atoms with Crippen molar-refractivity contribution in [1.82, 2.24) is 0 Å². The first kappa shape index (κ1) is 25.8. The number of unbranched alkanes of at least 4 members (excludes halogenated alkanes) is 2. The zero-order chi connectivity index (χ0) is 23.6. The van der Waals surface area contributed by atoms with E-state index < -0.39 is 0 Å². The number of hydrogen-bond acceptors (Lipinski definition) is 0. The minimum absolute atomic E-state index is 0.789. The van der Waals surface area contributed by atoms with Crippen LogP contribution in [-0.4, -0.2) is 0 Å². The van der Waals surface area contributed by atoms with Crippen molar-refractivity contribution in [1.29, 1.82) is 0 Å². The molecule has 0 heteroatoms. The first-order chi connectivity index (χ1) is 16.7. The van der Waals surface area contributed by atoms with Gasteiger partial charge in [-0.1, -0.05) is 94.5 Å². The summed E-state index contributed by atoms with van der Waals surface area (Å²) in [6.45, 7) is 4.65. The lowest BCUT2D eigenvalue weighted by atomic mass is 9.70. The Kier molecular flexibility index (Phi) is 10.4. The maximum atomic E-state index is 2.63. The fourth-order valence-electron chi connectivity index (χ4n) is 7.27. The smallest absolute Gasteiger partial charge is 0.0162 e. The van der Waals surface area contributed by atoms with E-state index in [0.717, 1.165) is 35.5 Å². The molecule has 188 valence electrons. The van der Waals surface area contributed by atoms with Gasteiger partial charge in [-0.2, -0.15) is 0 Å². The molecule has 1 aromatic rings. The van der Waals surface area contributed by atoms with Crippen LogP contribution in [0, 0.1) is 29.6 Å². The van der Waals surface area contributed by atoms with Gasteiger partial charge in [0.25, 0.3) is 0 Å². The minimum Gasteiger partial charge on any atom is -0.0851 e. The molecule has 0 aliphatic heterocycles. The van der Waals surface area contributed by atoms with E-state index in [1.165, 1.54) is 108 Å². The van der Waals surface area contributed by atoms with Crippen LogP contribution in [0.5, 0.6) is 0 Å². The van der Waals surface area contributed by atoms with Crippen LogP contribution in [0.25, 0.3) is 6.08 Å². The molecule has 0 bridgehead atoms. The summed E-state index contributed by atoms with van der Waals surface area (Å²) in [5.41, 5.74) is 2.99. The van der Waals surface area contributed by atoms with Crippen molar-refractivity contribution in [2.24, 2.45) is 29.6 Å². The molecule has 2 unspecified atom stereocenters. The molecule has 0 radical (unpaired) electrons. The van der Waals surface area contributed by atoms with Crippen molar-refractivity contribution in [2.75, 3.05) is 0 Å². The van der Waals surface area contributed by atoms with Crippen LogP contribution in [0.2, 0.25) is 0 Å². The van der Waals surface area contributed by atoms with Crippen molar-refractivity contribution in [3.8, 4) is 0 Å². The summed E-state index contributed by atoms with van der Waals surface area (Å²) in [6, 6.07) is 9.63. The second kappa shape index (κ2) is 13.7. The Morgan fingerprint density at radius 3 is 2.12 bits per heavy atom. The zero-order valence-electron chi connectivity index (χ0n) is 22.4. The van der Waals surface area contributed by atoms with Gasteiger partial charge in [0.15, 0.2) is 0 Å². The van der Waals surface area contributed by atoms with Crippen molar-refractivity contribution in [3.05, 3.63) is 53.6 Å². The second-order valence-corrected chi connectivity index (χ2v) is 12.1. The summed E-state index contributed by atoms with van der Waals surface area (Å²) < 4.78 is 0. The van der Waals surface area contributed by atoms with E-state index >= 15 is 0 Å². The highest BCUT2D eigenvalue weighted by Gasteiger charge is 2.29. The van der Waals surface area contributed by atoms with E-state index in [0.29, 0.717) is 0 Å². The molecule has 2 atom stereocenters. The van der Waals surface area contributed by atoms with Crippen LogP contribution in [0.3, 0.4) is 0 Å². The first-order valence-electron chi connectivity index (χ1n) is 15.2. The lowest BCUT2D eigenvalue weighted by Crippen LogP contribution is -2.22. The summed E-state index contributed by atoms with van der Waals surface area (Å²) in [5, 5.41) is 0. The SMILES string of the molecule is CCCCCC1C=CC(C2CCC(c3ccc(C=CC4CCC(CCC)CC4)cc3)CC2)CC1. The summed E-state index contributed by atoms with van der Waals surface area (Å²) in [5.74, 6) is 5.29. The summed E-state index contributed by atoms with van der Waals surface area (Å²) >= 11 is 0. The standard InChI is InChI=1S/C34H52/c1-3-5-6-8-28-15-19-31(20-16-28)33-23-25-34(26-24-33)32-21-17-30(18-22-32)14-13-29-11-9-27(7-4-2)10-12-29/h13-15,17-19,21-22,27-29,31,33-34H,3-12,16,20,23-26H2,1-2H3. The van der Waals surface area contributed by atoms with Crippen molar-refractivity contribution >= 4 is 6.08 Å². The molecule has 34 heavy (non-hydrogen) atoms. The summed E-state index contributed by atoms with van der Waals surface area (Å²) in [4.78, 5) is 0. The van der Waals surface area contributed by atoms with Gasteiger partial charge in [0, 0.05) is 0 Å². The first-order valence-corrected chi connectivity index (χ1v) is 15.2. The molecule has 1 aromatic carbocycles. The van der Waals surface area contributed by atoms with Crippen LogP contribution in [-0.2, 0) is 0 Å². The number of allylic oxidation sites excluding steroid dienone is 3. The molecule has 0 nitrogen and oxygen atoms in total. The van der Waals surface area contributed by atoms with E-state index in [9.17, 15) is 0 Å². The lowest BCUT2D eigenvalue weighted by molar-refractivity contribution is 0.239. The predicted molar refractivity (Wildman–Crippen MR) is 150 cm³/mol. The van der Waals surface area contributed by atoms with Gasteiger partial charge in [0.1, 0.15) is 0 Å². The highest BCUT2D eigenvalue weighted by atomic mass is 14.3. The van der Waals surface area contributed by atoms with Gasteiger partial charge in [-0.3, -0.25) is 0 Å². The number of rotatable bonds is 10. The van der Waals surface area contributed by atoms with E-state index in [2.05, 4.69) is 62.4 Å². The van der Waals surface area contributed by atoms with Gasteiger partial charge in [-0.05, 0) is 117 Å². The van der Waals surface area contributed by atoms with Crippen molar-refractivity contribution < 1.29 is 0 Å². The minimum atomic E-state index is 0.789. The Balaban J connectivity index is 1.19. The molecule has 2 saturated carbocycles. The second-order valence-electron chi connectivity index (χ2n) is 12.1. The van der Waals surface area contributed by atoms with Gasteiger partial charge >= 0.3 is 0 Å². The Labute approximate surface area is 211 Å². The van der Waals surface area contributed by atoms with E-state index in [4.69, 9.17) is 0 Å². The predicted octanol–water partition coefficient (Wildman–Crippen LogP) is 10.7. The van der Waals surface area contributed by atoms with Crippen LogP contribution >= 0.6 is 0 Å². The molecule has 0 spiro atoms. The van der Waals surface area contributed by atoms with Gasteiger partial charge < -0.3 is 0 Å². The molecule has 0 amide bonds. The highest BCUT2D eigenvalue weighted by molar-refractivity contribution is 5.50. The van der Waals surface area contributed by atoms with Gasteiger partial charge in [-0.25, -0.2) is 0 Å². The number of benzene rings is 1. The van der Waals surface area contributed by atoms with E-state index in [1.807, 2.05) is 0 Å². The molecule has 3 aliphatic rings. The molecule has 0 aromatic heterocycles. The van der Waals surface area contributed by atoms with Crippen LogP contribution in [0.15, 0.2) is 42.5 Å². The third kappa shape index (κ3) is 7.60. The van der Waals surface area contributed by atoms with Crippen molar-refractivity contribution in [2.45, 2.75) is 122 Å². The molecule has 0 N–H and O–H groups in total. The summed E-state index contributed by atoms with van der Waals surface area (Å²) in [7, 11) is 0. The van der Waals surface area contributed by atoms with Crippen molar-refractivity contribution in [3.63, 3.8) is 0 Å². The van der Waals surface area contributed by atoms with Crippen LogP contribution in [0.1, 0.15) is 134 Å². The van der Waals surface area contributed by atoms with Gasteiger partial charge in [0.2, 0.25) is 0 Å².